The normalized spacial score (nSPS) is 11.2. The van der Waals surface area contributed by atoms with Crippen LogP contribution in [0.3, 0.4) is 0 Å². The van der Waals surface area contributed by atoms with Gasteiger partial charge in [-0.15, -0.1) is 0 Å². The van der Waals surface area contributed by atoms with Crippen LogP contribution in [0, 0.1) is 35.7 Å². The molecular formula is C25H18F3N5O3S2. The van der Waals surface area contributed by atoms with Crippen molar-refractivity contribution in [1.82, 2.24) is 15.0 Å². The standard InChI is InChI=1S/C25H18F3N5O3S2/c1-14-19(26)22(33-38(34,35)13-16-7-5-15(12-29)6-8-16)20(27)21(28)23(14)36-24-17(4-3-10-30-24)18-9-11-31-25(32-18)37-2/h3-11,33H,13H2,1-2H3. The van der Waals surface area contributed by atoms with Gasteiger partial charge in [0, 0.05) is 18.0 Å². The highest BCUT2D eigenvalue weighted by molar-refractivity contribution is 7.98. The number of pyridine rings is 1. The number of aromatic nitrogens is 3. The molecule has 0 saturated carbocycles. The van der Waals surface area contributed by atoms with Gasteiger partial charge in [-0.05, 0) is 49.1 Å². The molecular weight excluding hydrogens is 539 g/mol. The molecule has 0 amide bonds. The first-order valence-electron chi connectivity index (χ1n) is 10.8. The lowest BCUT2D eigenvalue weighted by atomic mass is 10.1. The summed E-state index contributed by atoms with van der Waals surface area (Å²) in [5, 5.41) is 9.31. The first kappa shape index (κ1) is 26.9. The zero-order valence-corrected chi connectivity index (χ0v) is 21.5. The Balaban J connectivity index is 1.67. The summed E-state index contributed by atoms with van der Waals surface area (Å²) >= 11 is 1.29. The predicted octanol–water partition coefficient (Wildman–Crippen LogP) is 5.59. The summed E-state index contributed by atoms with van der Waals surface area (Å²) in [5.41, 5.74) is -0.390. The van der Waals surface area contributed by atoms with Crippen LogP contribution in [0.4, 0.5) is 18.9 Å². The van der Waals surface area contributed by atoms with Crippen LogP contribution >= 0.6 is 11.8 Å². The smallest absolute Gasteiger partial charge is 0.237 e. The van der Waals surface area contributed by atoms with Crippen molar-refractivity contribution < 1.29 is 26.3 Å². The average Bonchev–Trinajstić information content (AvgIpc) is 2.93. The minimum absolute atomic E-state index is 0.173. The van der Waals surface area contributed by atoms with E-state index >= 15 is 8.78 Å². The van der Waals surface area contributed by atoms with Crippen molar-refractivity contribution >= 4 is 27.5 Å². The number of nitrogens with one attached hydrogen (secondary N) is 1. The third-order valence-electron chi connectivity index (χ3n) is 5.26. The first-order chi connectivity index (χ1) is 18.1. The van der Waals surface area contributed by atoms with E-state index in [-0.39, 0.29) is 11.4 Å². The largest absolute Gasteiger partial charge is 0.435 e. The Bertz CT molecular complexity index is 1630. The van der Waals surface area contributed by atoms with Gasteiger partial charge in [-0.2, -0.15) is 9.65 Å². The maximum absolute atomic E-state index is 15.2. The molecule has 13 heteroatoms. The molecule has 0 aliphatic carbocycles. The molecule has 0 aliphatic heterocycles. The molecule has 0 saturated heterocycles. The monoisotopic (exact) mass is 557 g/mol. The Morgan fingerprint density at radius 2 is 1.76 bits per heavy atom. The highest BCUT2D eigenvalue weighted by Crippen LogP contribution is 2.39. The Hall–Kier alpha value is -4.15. The van der Waals surface area contributed by atoms with Crippen LogP contribution in [-0.2, 0) is 15.8 Å². The number of anilines is 1. The highest BCUT2D eigenvalue weighted by atomic mass is 32.2. The number of halogens is 3. The molecule has 4 aromatic rings. The Kier molecular flexibility index (Phi) is 7.84. The molecule has 2 aromatic heterocycles. The summed E-state index contributed by atoms with van der Waals surface area (Å²) in [6, 6.07) is 12.2. The van der Waals surface area contributed by atoms with Gasteiger partial charge in [0.1, 0.15) is 5.69 Å². The third kappa shape index (κ3) is 5.71. The minimum atomic E-state index is -4.36. The molecule has 0 radical (unpaired) electrons. The Morgan fingerprint density at radius 3 is 2.45 bits per heavy atom. The van der Waals surface area contributed by atoms with Crippen LogP contribution in [0.25, 0.3) is 11.3 Å². The van der Waals surface area contributed by atoms with E-state index in [1.165, 1.54) is 48.4 Å². The van der Waals surface area contributed by atoms with Crippen molar-refractivity contribution in [3.63, 3.8) is 0 Å². The molecule has 4 rings (SSSR count). The van der Waals surface area contributed by atoms with Crippen LogP contribution < -0.4 is 9.46 Å². The maximum Gasteiger partial charge on any atom is 0.237 e. The van der Waals surface area contributed by atoms with E-state index in [1.807, 2.05) is 6.07 Å². The lowest BCUT2D eigenvalue weighted by Crippen LogP contribution is -2.18. The van der Waals surface area contributed by atoms with Gasteiger partial charge in [-0.25, -0.2) is 32.2 Å². The number of thioether (sulfide) groups is 1. The molecule has 2 heterocycles. The maximum atomic E-state index is 15.2. The highest BCUT2D eigenvalue weighted by Gasteiger charge is 2.28. The summed E-state index contributed by atoms with van der Waals surface area (Å²) < 4.78 is 77.8. The van der Waals surface area contributed by atoms with Gasteiger partial charge in [0.05, 0.1) is 28.6 Å². The van der Waals surface area contributed by atoms with E-state index in [9.17, 15) is 12.8 Å². The number of ether oxygens (including phenoxy) is 1. The van der Waals surface area contributed by atoms with Gasteiger partial charge in [-0.1, -0.05) is 23.9 Å². The lowest BCUT2D eigenvalue weighted by molar-refractivity contribution is 0.397. The molecule has 2 aromatic carbocycles. The fourth-order valence-corrected chi connectivity index (χ4v) is 4.96. The number of sulfonamides is 1. The molecule has 0 fully saturated rings. The second-order valence-corrected chi connectivity index (χ2v) is 10.3. The van der Waals surface area contributed by atoms with Gasteiger partial charge >= 0.3 is 0 Å². The lowest BCUT2D eigenvalue weighted by Gasteiger charge is -2.17. The summed E-state index contributed by atoms with van der Waals surface area (Å²) in [6.07, 6.45) is 4.64. The van der Waals surface area contributed by atoms with Gasteiger partial charge in [0.15, 0.2) is 22.5 Å². The van der Waals surface area contributed by atoms with Crippen LogP contribution in [0.15, 0.2) is 60.0 Å². The van der Waals surface area contributed by atoms with Crippen molar-refractivity contribution in [1.29, 1.82) is 5.26 Å². The molecule has 0 atom stereocenters. The second kappa shape index (κ2) is 11.1. The molecule has 1 N–H and O–H groups in total. The van der Waals surface area contributed by atoms with Gasteiger partial charge in [0.2, 0.25) is 21.7 Å². The van der Waals surface area contributed by atoms with Gasteiger partial charge < -0.3 is 4.74 Å². The van der Waals surface area contributed by atoms with Crippen molar-refractivity contribution in [2.75, 3.05) is 11.0 Å². The number of rotatable bonds is 8. The van der Waals surface area contributed by atoms with E-state index in [4.69, 9.17) is 10.00 Å². The first-order valence-corrected chi connectivity index (χ1v) is 13.7. The number of nitrogens with zero attached hydrogens (tertiary/aromatic N) is 4. The molecule has 38 heavy (non-hydrogen) atoms. The van der Waals surface area contributed by atoms with E-state index < -0.39 is 50.2 Å². The van der Waals surface area contributed by atoms with E-state index in [1.54, 1.807) is 29.2 Å². The van der Waals surface area contributed by atoms with Crippen LogP contribution in [0.5, 0.6) is 11.6 Å². The van der Waals surface area contributed by atoms with Crippen molar-refractivity contribution in [3.05, 3.63) is 89.0 Å². The zero-order valence-electron chi connectivity index (χ0n) is 19.9. The van der Waals surface area contributed by atoms with Gasteiger partial charge in [0.25, 0.3) is 0 Å². The summed E-state index contributed by atoms with van der Waals surface area (Å²) in [7, 11) is -4.36. The van der Waals surface area contributed by atoms with Gasteiger partial charge in [-0.3, -0.25) is 4.72 Å². The molecule has 0 aliphatic rings. The number of hydrogen-bond acceptors (Lipinski definition) is 8. The quantitative estimate of drug-likeness (QED) is 0.169. The van der Waals surface area contributed by atoms with E-state index in [0.29, 0.717) is 22.0 Å². The molecule has 0 bridgehead atoms. The molecule has 194 valence electrons. The number of benzene rings is 2. The number of nitriles is 1. The fraction of sp³-hybridized carbons (Fsp3) is 0.120. The number of hydrogen-bond donors (Lipinski definition) is 1. The fourth-order valence-electron chi connectivity index (χ4n) is 3.41. The van der Waals surface area contributed by atoms with Crippen LogP contribution in [0.2, 0.25) is 0 Å². The SMILES string of the molecule is CSc1nccc(-c2cccnc2Oc2c(C)c(F)c(NS(=O)(=O)Cc3ccc(C#N)cc3)c(F)c2F)n1. The van der Waals surface area contributed by atoms with E-state index in [0.717, 1.165) is 6.92 Å². The van der Waals surface area contributed by atoms with Crippen LogP contribution in [0.1, 0.15) is 16.7 Å². The second-order valence-electron chi connectivity index (χ2n) is 7.83. The Labute approximate surface area is 220 Å². The minimum Gasteiger partial charge on any atom is -0.435 e. The summed E-state index contributed by atoms with van der Waals surface area (Å²) in [4.78, 5) is 12.5. The molecule has 0 unspecified atom stereocenters. The predicted molar refractivity (Wildman–Crippen MR) is 136 cm³/mol. The zero-order chi connectivity index (χ0) is 27.4. The summed E-state index contributed by atoms with van der Waals surface area (Å²) in [6.45, 7) is 1.12. The molecule has 8 nitrogen and oxygen atoms in total. The topological polar surface area (TPSA) is 118 Å². The van der Waals surface area contributed by atoms with Crippen molar-refractivity contribution in [2.45, 2.75) is 17.8 Å². The van der Waals surface area contributed by atoms with E-state index in [2.05, 4.69) is 15.0 Å². The summed E-state index contributed by atoms with van der Waals surface area (Å²) in [5.74, 6) is -6.38. The van der Waals surface area contributed by atoms with Crippen molar-refractivity contribution in [3.8, 4) is 29.0 Å². The third-order valence-corrected chi connectivity index (χ3v) is 7.05. The Morgan fingerprint density at radius 1 is 1.03 bits per heavy atom. The van der Waals surface area contributed by atoms with Crippen LogP contribution in [-0.4, -0.2) is 29.6 Å². The van der Waals surface area contributed by atoms with Crippen molar-refractivity contribution in [2.24, 2.45) is 0 Å². The average molecular weight is 558 g/mol. The molecule has 0 spiro atoms.